The first-order chi connectivity index (χ1) is 15.0. The number of hydrogen-bond acceptors (Lipinski definition) is 4. The van der Waals surface area contributed by atoms with Gasteiger partial charge in [0.15, 0.2) is 5.78 Å². The van der Waals surface area contributed by atoms with Crippen LogP contribution in [0.2, 0.25) is 0 Å². The summed E-state index contributed by atoms with van der Waals surface area (Å²) in [6.07, 6.45) is 0. The summed E-state index contributed by atoms with van der Waals surface area (Å²) in [6, 6.07) is 23.4. The third-order valence-corrected chi connectivity index (χ3v) is 8.25. The van der Waals surface area contributed by atoms with Gasteiger partial charge in [-0.1, -0.05) is 60.7 Å². The molecule has 5 rings (SSSR count). The van der Waals surface area contributed by atoms with Crippen molar-refractivity contribution in [1.82, 2.24) is 9.21 Å². The van der Waals surface area contributed by atoms with E-state index < -0.39 is 10.0 Å². The maximum absolute atomic E-state index is 13.1. The summed E-state index contributed by atoms with van der Waals surface area (Å²) in [5, 5.41) is 0. The third-order valence-electron chi connectivity index (χ3n) is 6.34. The van der Waals surface area contributed by atoms with Crippen molar-refractivity contribution in [1.29, 1.82) is 0 Å². The Kier molecular flexibility index (Phi) is 5.01. The van der Waals surface area contributed by atoms with Crippen LogP contribution in [0.5, 0.6) is 0 Å². The van der Waals surface area contributed by atoms with Crippen molar-refractivity contribution >= 4 is 15.8 Å². The molecule has 0 amide bonds. The van der Waals surface area contributed by atoms with E-state index in [0.29, 0.717) is 31.7 Å². The fourth-order valence-corrected chi connectivity index (χ4v) is 6.16. The standard InChI is InChI=1S/C25H24N2O3S/c1-18(28)19-10-12-20(13-11-19)31(29,30)27-16-14-26(15-17-27)25-23-8-4-2-6-21(23)22-7-3-5-9-24(22)25/h2-13,25H,14-17H2,1H3. The van der Waals surface area contributed by atoms with Crippen LogP contribution in [0.4, 0.5) is 0 Å². The van der Waals surface area contributed by atoms with Gasteiger partial charge >= 0.3 is 0 Å². The summed E-state index contributed by atoms with van der Waals surface area (Å²) in [5.74, 6) is -0.0744. The van der Waals surface area contributed by atoms with Crippen molar-refractivity contribution < 1.29 is 13.2 Å². The van der Waals surface area contributed by atoms with Crippen LogP contribution in [0, 0.1) is 0 Å². The predicted molar refractivity (Wildman–Crippen MR) is 120 cm³/mol. The number of piperazine rings is 1. The van der Waals surface area contributed by atoms with Crippen LogP contribution in [-0.2, 0) is 10.0 Å². The normalized spacial score (nSPS) is 17.3. The van der Waals surface area contributed by atoms with Crippen LogP contribution in [0.15, 0.2) is 77.7 Å². The topological polar surface area (TPSA) is 57.7 Å². The fraction of sp³-hybridized carbons (Fsp3) is 0.240. The zero-order valence-corrected chi connectivity index (χ0v) is 18.2. The molecule has 1 saturated heterocycles. The molecule has 0 bridgehead atoms. The number of hydrogen-bond donors (Lipinski definition) is 0. The number of carbonyl (C=O) groups is 1. The zero-order chi connectivity index (χ0) is 21.6. The van der Waals surface area contributed by atoms with E-state index >= 15 is 0 Å². The van der Waals surface area contributed by atoms with Gasteiger partial charge in [0, 0.05) is 31.7 Å². The zero-order valence-electron chi connectivity index (χ0n) is 17.4. The van der Waals surface area contributed by atoms with Crippen LogP contribution in [-0.4, -0.2) is 49.6 Å². The quantitative estimate of drug-likeness (QED) is 0.586. The largest absolute Gasteiger partial charge is 0.295 e. The highest BCUT2D eigenvalue weighted by atomic mass is 32.2. The molecule has 1 heterocycles. The van der Waals surface area contributed by atoms with Crippen LogP contribution in [0.3, 0.4) is 0 Å². The molecule has 0 N–H and O–H groups in total. The van der Waals surface area contributed by atoms with Gasteiger partial charge in [0.25, 0.3) is 0 Å². The number of rotatable bonds is 4. The average Bonchev–Trinajstić information content (AvgIpc) is 3.14. The number of ketones is 1. The van der Waals surface area contributed by atoms with Crippen molar-refractivity contribution in [3.8, 4) is 11.1 Å². The highest BCUT2D eigenvalue weighted by molar-refractivity contribution is 7.89. The second-order valence-electron chi connectivity index (χ2n) is 8.10. The molecule has 6 heteroatoms. The molecule has 0 atom stereocenters. The second kappa shape index (κ2) is 7.71. The molecule has 1 aliphatic heterocycles. The highest BCUT2D eigenvalue weighted by Crippen LogP contribution is 2.46. The minimum atomic E-state index is -3.58. The lowest BCUT2D eigenvalue weighted by atomic mass is 10.0. The van der Waals surface area contributed by atoms with Crippen LogP contribution >= 0.6 is 0 Å². The molecule has 0 aromatic heterocycles. The van der Waals surface area contributed by atoms with Gasteiger partial charge < -0.3 is 0 Å². The van der Waals surface area contributed by atoms with E-state index in [0.717, 1.165) is 0 Å². The predicted octanol–water partition coefficient (Wildman–Crippen LogP) is 3.97. The monoisotopic (exact) mass is 432 g/mol. The summed E-state index contributed by atoms with van der Waals surface area (Å²) in [5.41, 5.74) is 5.63. The summed E-state index contributed by atoms with van der Waals surface area (Å²) in [4.78, 5) is 14.1. The number of Topliss-reactive ketones (excluding diaryl/α,β-unsaturated/α-hetero) is 1. The van der Waals surface area contributed by atoms with Crippen molar-refractivity contribution in [2.75, 3.05) is 26.2 Å². The maximum atomic E-state index is 13.1. The molecule has 0 unspecified atom stereocenters. The summed E-state index contributed by atoms with van der Waals surface area (Å²) < 4.78 is 27.8. The van der Waals surface area contributed by atoms with E-state index in [9.17, 15) is 13.2 Å². The van der Waals surface area contributed by atoms with E-state index in [-0.39, 0.29) is 16.7 Å². The summed E-state index contributed by atoms with van der Waals surface area (Å²) >= 11 is 0. The van der Waals surface area contributed by atoms with Crippen LogP contribution < -0.4 is 0 Å². The molecule has 1 fully saturated rings. The number of sulfonamides is 1. The lowest BCUT2D eigenvalue weighted by Gasteiger charge is -2.38. The van der Waals surface area contributed by atoms with Gasteiger partial charge in [0.05, 0.1) is 10.9 Å². The number of carbonyl (C=O) groups excluding carboxylic acids is 1. The molecule has 0 radical (unpaired) electrons. The highest BCUT2D eigenvalue weighted by Gasteiger charge is 2.36. The van der Waals surface area contributed by atoms with Crippen LogP contribution in [0.25, 0.3) is 11.1 Å². The Morgan fingerprint density at radius 3 is 1.81 bits per heavy atom. The molecule has 0 saturated carbocycles. The maximum Gasteiger partial charge on any atom is 0.243 e. The van der Waals surface area contributed by atoms with Crippen molar-refractivity contribution in [2.24, 2.45) is 0 Å². The third kappa shape index (κ3) is 3.41. The number of nitrogens with zero attached hydrogens (tertiary/aromatic N) is 2. The lowest BCUT2D eigenvalue weighted by molar-refractivity contribution is 0.101. The minimum absolute atomic E-state index is 0.0744. The van der Waals surface area contributed by atoms with Crippen molar-refractivity contribution in [3.05, 3.63) is 89.5 Å². The number of benzene rings is 3. The van der Waals surface area contributed by atoms with E-state index in [2.05, 4.69) is 53.4 Å². The first-order valence-electron chi connectivity index (χ1n) is 10.5. The minimum Gasteiger partial charge on any atom is -0.295 e. The number of fused-ring (bicyclic) bond motifs is 3. The molecule has 3 aromatic carbocycles. The Balaban J connectivity index is 1.37. The lowest BCUT2D eigenvalue weighted by Crippen LogP contribution is -2.49. The first-order valence-corrected chi connectivity index (χ1v) is 11.9. The summed E-state index contributed by atoms with van der Waals surface area (Å²) in [7, 11) is -3.58. The molecule has 31 heavy (non-hydrogen) atoms. The van der Waals surface area contributed by atoms with Crippen molar-refractivity contribution in [3.63, 3.8) is 0 Å². The van der Waals surface area contributed by atoms with Gasteiger partial charge in [0.1, 0.15) is 0 Å². The molecule has 3 aromatic rings. The van der Waals surface area contributed by atoms with Gasteiger partial charge in [-0.15, -0.1) is 0 Å². The van der Waals surface area contributed by atoms with E-state index in [1.807, 2.05) is 0 Å². The second-order valence-corrected chi connectivity index (χ2v) is 10.0. The summed E-state index contributed by atoms with van der Waals surface area (Å²) in [6.45, 7) is 3.69. The van der Waals surface area contributed by atoms with E-state index in [1.165, 1.54) is 41.3 Å². The SMILES string of the molecule is CC(=O)c1ccc(S(=O)(=O)N2CCN(C3c4ccccc4-c4ccccc43)CC2)cc1. The molecular formula is C25H24N2O3S. The van der Waals surface area contributed by atoms with Crippen molar-refractivity contribution in [2.45, 2.75) is 17.9 Å². The Labute approximate surface area is 183 Å². The molecular weight excluding hydrogens is 408 g/mol. The van der Waals surface area contributed by atoms with Gasteiger partial charge in [-0.05, 0) is 41.3 Å². The first kappa shape index (κ1) is 20.1. The Morgan fingerprint density at radius 2 is 1.29 bits per heavy atom. The van der Waals surface area contributed by atoms with Gasteiger partial charge in [-0.25, -0.2) is 8.42 Å². The van der Waals surface area contributed by atoms with Gasteiger partial charge in [0.2, 0.25) is 10.0 Å². The van der Waals surface area contributed by atoms with E-state index in [1.54, 1.807) is 16.4 Å². The average molecular weight is 433 g/mol. The van der Waals surface area contributed by atoms with Gasteiger partial charge in [-0.2, -0.15) is 4.31 Å². The molecule has 1 aliphatic carbocycles. The van der Waals surface area contributed by atoms with Crippen LogP contribution in [0.1, 0.15) is 34.5 Å². The van der Waals surface area contributed by atoms with Gasteiger partial charge in [-0.3, -0.25) is 9.69 Å². The Bertz CT molecular complexity index is 1200. The molecule has 2 aliphatic rings. The fourth-order valence-electron chi connectivity index (χ4n) is 4.74. The molecule has 158 valence electrons. The Morgan fingerprint density at radius 1 is 0.774 bits per heavy atom. The Hall–Kier alpha value is -2.80. The molecule has 0 spiro atoms. The smallest absolute Gasteiger partial charge is 0.243 e. The van der Waals surface area contributed by atoms with E-state index in [4.69, 9.17) is 0 Å². The molecule has 5 nitrogen and oxygen atoms in total.